The molecule has 1 aliphatic rings. The van der Waals surface area contributed by atoms with Gasteiger partial charge in [0.1, 0.15) is 0 Å². The van der Waals surface area contributed by atoms with Crippen LogP contribution in [0.15, 0.2) is 84.9 Å². The fourth-order valence-corrected chi connectivity index (χ4v) is 6.41. The number of fused-ring (bicyclic) bond motifs is 1. The Kier molecular flexibility index (Phi) is 9.27. The van der Waals surface area contributed by atoms with E-state index in [1.165, 1.54) is 5.56 Å². The number of para-hydroxylation sites is 1. The molecular weight excluding hydrogens is 532 g/mol. The van der Waals surface area contributed by atoms with E-state index < -0.39 is 6.04 Å². The maximum absolute atomic E-state index is 14.0. The zero-order valence-electron chi connectivity index (χ0n) is 25.6. The first-order valence-corrected chi connectivity index (χ1v) is 15.2. The number of nitrogens with zero attached hydrogens (tertiary/aromatic N) is 1. The number of amides is 2. The van der Waals surface area contributed by atoms with E-state index in [0.717, 1.165) is 51.2 Å². The summed E-state index contributed by atoms with van der Waals surface area (Å²) < 4.78 is 0. The molecule has 0 aromatic heterocycles. The van der Waals surface area contributed by atoms with Crippen molar-refractivity contribution in [3.8, 4) is 0 Å². The Hall–Kier alpha value is -4.42. The van der Waals surface area contributed by atoms with Crippen LogP contribution in [0.3, 0.4) is 0 Å². The Morgan fingerprint density at radius 2 is 1.58 bits per heavy atom. The van der Waals surface area contributed by atoms with Crippen LogP contribution < -0.4 is 16.4 Å². The average Bonchev–Trinajstić information content (AvgIpc) is 3.00. The number of rotatable bonds is 9. The maximum Gasteiger partial charge on any atom is 0.257 e. The largest absolute Gasteiger partial charge is 0.384 e. The number of likely N-dealkylation sites (N-methyl/N-ethyl adjacent to an activating group) is 1. The standard InChI is InChI=1S/C37H42N4O2/c1-5-41(37(43)33(38)23-30-25(3)18-24(2)19-26(30)4)34-16-17-39-35-31(34)21-28(20-27-12-8-6-9-13-27)22-32(35)36(42)40-29-14-10-7-11-15-29/h6-15,18-19,21-22,33-34,39H,5,16-17,20,23,38H2,1-4H3,(H,40,42). The highest BCUT2D eigenvalue weighted by Crippen LogP contribution is 2.38. The third-order valence-electron chi connectivity index (χ3n) is 8.42. The molecule has 0 radical (unpaired) electrons. The quantitative estimate of drug-likeness (QED) is 0.207. The molecule has 1 heterocycles. The zero-order chi connectivity index (χ0) is 30.5. The molecule has 6 nitrogen and oxygen atoms in total. The van der Waals surface area contributed by atoms with Gasteiger partial charge in [-0.15, -0.1) is 0 Å². The van der Waals surface area contributed by atoms with E-state index in [0.29, 0.717) is 31.5 Å². The fraction of sp³-hybridized carbons (Fsp3) is 0.297. The zero-order valence-corrected chi connectivity index (χ0v) is 25.6. The minimum atomic E-state index is -0.660. The third-order valence-corrected chi connectivity index (χ3v) is 8.42. The molecular formula is C37H42N4O2. The van der Waals surface area contributed by atoms with Gasteiger partial charge in [0.05, 0.1) is 23.3 Å². The third kappa shape index (κ3) is 6.81. The average molecular weight is 575 g/mol. The summed E-state index contributed by atoms with van der Waals surface area (Å²) in [6.07, 6.45) is 1.90. The number of aryl methyl sites for hydroxylation is 3. The van der Waals surface area contributed by atoms with E-state index in [-0.39, 0.29) is 17.9 Å². The molecule has 2 amide bonds. The van der Waals surface area contributed by atoms with Gasteiger partial charge in [-0.2, -0.15) is 0 Å². The van der Waals surface area contributed by atoms with Crippen molar-refractivity contribution in [1.29, 1.82) is 0 Å². The Bertz CT molecular complexity index is 1580. The predicted octanol–water partition coefficient (Wildman–Crippen LogP) is 6.73. The number of hydrogen-bond donors (Lipinski definition) is 3. The van der Waals surface area contributed by atoms with Gasteiger partial charge in [-0.05, 0) is 98.5 Å². The Morgan fingerprint density at radius 1 is 0.930 bits per heavy atom. The van der Waals surface area contributed by atoms with E-state index in [4.69, 9.17) is 5.73 Å². The van der Waals surface area contributed by atoms with Gasteiger partial charge in [0.2, 0.25) is 5.91 Å². The monoisotopic (exact) mass is 574 g/mol. The molecule has 4 aromatic rings. The summed E-state index contributed by atoms with van der Waals surface area (Å²) in [5, 5.41) is 6.56. The highest BCUT2D eigenvalue weighted by molar-refractivity contribution is 6.09. The predicted molar refractivity (Wildman–Crippen MR) is 176 cm³/mol. The van der Waals surface area contributed by atoms with E-state index in [2.05, 4.69) is 61.7 Å². The van der Waals surface area contributed by atoms with Crippen molar-refractivity contribution in [2.45, 2.75) is 59.0 Å². The fourth-order valence-electron chi connectivity index (χ4n) is 6.41. The Balaban J connectivity index is 1.50. The van der Waals surface area contributed by atoms with E-state index in [1.807, 2.05) is 66.4 Å². The van der Waals surface area contributed by atoms with Crippen molar-refractivity contribution in [2.75, 3.05) is 23.7 Å². The second-order valence-electron chi connectivity index (χ2n) is 11.6. The van der Waals surface area contributed by atoms with Crippen LogP contribution in [-0.4, -0.2) is 35.8 Å². The number of nitrogens with one attached hydrogen (secondary N) is 2. The van der Waals surface area contributed by atoms with Gasteiger partial charge in [0.15, 0.2) is 0 Å². The van der Waals surface area contributed by atoms with E-state index >= 15 is 0 Å². The maximum atomic E-state index is 14.0. The highest BCUT2D eigenvalue weighted by Gasteiger charge is 2.33. The van der Waals surface area contributed by atoms with Gasteiger partial charge in [-0.3, -0.25) is 9.59 Å². The van der Waals surface area contributed by atoms with Crippen molar-refractivity contribution in [3.63, 3.8) is 0 Å². The van der Waals surface area contributed by atoms with Crippen LogP contribution in [0.4, 0.5) is 11.4 Å². The molecule has 0 bridgehead atoms. The minimum Gasteiger partial charge on any atom is -0.384 e. The van der Waals surface area contributed by atoms with Crippen LogP contribution >= 0.6 is 0 Å². The molecule has 222 valence electrons. The van der Waals surface area contributed by atoms with Crippen LogP contribution in [0, 0.1) is 20.8 Å². The van der Waals surface area contributed by atoms with E-state index in [1.54, 1.807) is 0 Å². The van der Waals surface area contributed by atoms with Crippen LogP contribution in [-0.2, 0) is 17.6 Å². The first-order valence-electron chi connectivity index (χ1n) is 15.2. The number of hydrogen-bond acceptors (Lipinski definition) is 4. The van der Waals surface area contributed by atoms with Gasteiger partial charge < -0.3 is 21.3 Å². The van der Waals surface area contributed by atoms with Crippen molar-refractivity contribution < 1.29 is 9.59 Å². The second kappa shape index (κ2) is 13.3. The van der Waals surface area contributed by atoms with Crippen molar-refractivity contribution in [3.05, 3.63) is 129 Å². The summed E-state index contributed by atoms with van der Waals surface area (Å²) in [5.74, 6) is -0.245. The van der Waals surface area contributed by atoms with Crippen molar-refractivity contribution in [1.82, 2.24) is 4.90 Å². The molecule has 0 spiro atoms. The molecule has 0 saturated carbocycles. The molecule has 0 saturated heterocycles. The lowest BCUT2D eigenvalue weighted by Crippen LogP contribution is -2.47. The van der Waals surface area contributed by atoms with Gasteiger partial charge in [0, 0.05) is 18.8 Å². The van der Waals surface area contributed by atoms with Crippen molar-refractivity contribution >= 4 is 23.2 Å². The van der Waals surface area contributed by atoms with Gasteiger partial charge >= 0.3 is 0 Å². The molecule has 4 aromatic carbocycles. The highest BCUT2D eigenvalue weighted by atomic mass is 16.2. The first kappa shape index (κ1) is 30.1. The summed E-state index contributed by atoms with van der Waals surface area (Å²) in [5.41, 5.74) is 16.6. The summed E-state index contributed by atoms with van der Waals surface area (Å²) >= 11 is 0. The molecule has 43 heavy (non-hydrogen) atoms. The smallest absolute Gasteiger partial charge is 0.257 e. The molecule has 2 atom stereocenters. The lowest BCUT2D eigenvalue weighted by molar-refractivity contribution is -0.135. The number of benzene rings is 4. The van der Waals surface area contributed by atoms with Crippen LogP contribution in [0.1, 0.15) is 68.7 Å². The minimum absolute atomic E-state index is 0.0662. The van der Waals surface area contributed by atoms with Crippen LogP contribution in [0.25, 0.3) is 0 Å². The number of carbonyl (C=O) groups is 2. The molecule has 4 N–H and O–H groups in total. The number of anilines is 2. The summed E-state index contributed by atoms with van der Waals surface area (Å²) in [7, 11) is 0. The summed E-state index contributed by atoms with van der Waals surface area (Å²) in [4.78, 5) is 29.6. The normalized spacial score (nSPS) is 14.8. The first-order chi connectivity index (χ1) is 20.7. The molecule has 0 aliphatic carbocycles. The van der Waals surface area contributed by atoms with Gasteiger partial charge in [0.25, 0.3) is 5.91 Å². The lowest BCUT2D eigenvalue weighted by atomic mass is 9.88. The van der Waals surface area contributed by atoms with Crippen molar-refractivity contribution in [2.24, 2.45) is 5.73 Å². The lowest BCUT2D eigenvalue weighted by Gasteiger charge is -2.38. The Labute approximate surface area is 255 Å². The molecule has 1 aliphatic heterocycles. The molecule has 0 fully saturated rings. The van der Waals surface area contributed by atoms with Gasteiger partial charge in [-0.25, -0.2) is 0 Å². The number of nitrogens with two attached hydrogens (primary N) is 1. The molecule has 5 rings (SSSR count). The van der Waals surface area contributed by atoms with Crippen LogP contribution in [0.5, 0.6) is 0 Å². The van der Waals surface area contributed by atoms with E-state index in [9.17, 15) is 9.59 Å². The molecule has 2 unspecified atom stereocenters. The number of carbonyl (C=O) groups excluding carboxylic acids is 2. The second-order valence-corrected chi connectivity index (χ2v) is 11.6. The van der Waals surface area contributed by atoms with Gasteiger partial charge in [-0.1, -0.05) is 72.3 Å². The molecule has 6 heteroatoms. The Morgan fingerprint density at radius 3 is 2.23 bits per heavy atom. The SMILES string of the molecule is CCN(C(=O)C(N)Cc1c(C)cc(C)cc1C)C1CCNc2c(C(=O)Nc3ccccc3)cc(Cc3ccccc3)cc21. The van der Waals surface area contributed by atoms with Crippen LogP contribution in [0.2, 0.25) is 0 Å². The topological polar surface area (TPSA) is 87.5 Å². The summed E-state index contributed by atoms with van der Waals surface area (Å²) in [6, 6.07) is 27.3. The summed E-state index contributed by atoms with van der Waals surface area (Å²) in [6.45, 7) is 9.44.